The average Bonchev–Trinajstić information content (AvgIpc) is 2.32. The molecular formula is C6H8N2O4S. The van der Waals surface area contributed by atoms with Crippen molar-refractivity contribution in [1.29, 1.82) is 0 Å². The number of carbonyl (C=O) groups is 1. The number of hydrogen-bond acceptors (Lipinski definition) is 4. The highest BCUT2D eigenvalue weighted by Crippen LogP contribution is 2.08. The topological polar surface area (TPSA) is 89.3 Å². The van der Waals surface area contributed by atoms with E-state index in [-0.39, 0.29) is 17.0 Å². The number of thiol groups is 1. The van der Waals surface area contributed by atoms with E-state index in [1.165, 1.54) is 11.7 Å². The van der Waals surface area contributed by atoms with Crippen LogP contribution in [0.2, 0.25) is 0 Å². The van der Waals surface area contributed by atoms with Crippen molar-refractivity contribution in [3.05, 3.63) is 17.5 Å². The van der Waals surface area contributed by atoms with Gasteiger partial charge in [0.05, 0.1) is 17.6 Å². The third-order valence-electron chi connectivity index (χ3n) is 1.57. The van der Waals surface area contributed by atoms with E-state index in [2.05, 4.69) is 5.10 Å². The fourth-order valence-corrected chi connectivity index (χ4v) is 1.57. The highest BCUT2D eigenvalue weighted by Gasteiger charge is 2.14. The molecule has 1 heterocycles. The number of aromatic nitrogens is 2. The Morgan fingerprint density at radius 1 is 1.69 bits per heavy atom. The number of rotatable bonds is 3. The molecule has 13 heavy (non-hydrogen) atoms. The fourth-order valence-electron chi connectivity index (χ4n) is 0.951. The molecule has 0 aliphatic rings. The normalized spacial score (nSPS) is 10.6. The van der Waals surface area contributed by atoms with Crippen molar-refractivity contribution in [2.24, 2.45) is 7.05 Å². The highest BCUT2D eigenvalue weighted by molar-refractivity contribution is 7.71. The molecule has 0 saturated carbocycles. The second-order valence-electron chi connectivity index (χ2n) is 2.42. The zero-order valence-electron chi connectivity index (χ0n) is 6.80. The molecule has 0 aliphatic carbocycles. The minimum Gasteiger partial charge on any atom is -0.478 e. The van der Waals surface area contributed by atoms with E-state index in [0.29, 0.717) is 0 Å². The average molecular weight is 204 g/mol. The van der Waals surface area contributed by atoms with Crippen LogP contribution in [0.3, 0.4) is 0 Å². The van der Waals surface area contributed by atoms with Crippen molar-refractivity contribution in [1.82, 2.24) is 9.78 Å². The van der Waals surface area contributed by atoms with Gasteiger partial charge in [0.25, 0.3) is 0 Å². The first kappa shape index (κ1) is 9.72. The molecule has 0 atom stereocenters. The molecule has 0 radical (unpaired) electrons. The Labute approximate surface area is 75.7 Å². The summed E-state index contributed by atoms with van der Waals surface area (Å²) in [6.45, 7) is 0. The smallest absolute Gasteiger partial charge is 0.339 e. The maximum absolute atomic E-state index is 10.6. The van der Waals surface area contributed by atoms with Crippen LogP contribution in [-0.2, 0) is 23.5 Å². The number of hydrogen-bond donors (Lipinski definition) is 2. The number of carboxylic acids is 1. The lowest BCUT2D eigenvalue weighted by Gasteiger charge is -1.97. The summed E-state index contributed by atoms with van der Waals surface area (Å²) in [5.74, 6) is -1.46. The van der Waals surface area contributed by atoms with Gasteiger partial charge in [0.2, 0.25) is 0 Å². The van der Waals surface area contributed by atoms with E-state index in [9.17, 15) is 13.2 Å². The largest absolute Gasteiger partial charge is 0.478 e. The van der Waals surface area contributed by atoms with Gasteiger partial charge in [-0.3, -0.25) is 4.68 Å². The van der Waals surface area contributed by atoms with Gasteiger partial charge in [-0.2, -0.15) is 5.10 Å². The van der Waals surface area contributed by atoms with Crippen molar-refractivity contribution in [2.75, 3.05) is 0 Å². The molecular weight excluding hydrogens is 196 g/mol. The Morgan fingerprint density at radius 3 is 2.77 bits per heavy atom. The molecule has 1 N–H and O–H groups in total. The van der Waals surface area contributed by atoms with E-state index in [4.69, 9.17) is 5.11 Å². The number of aromatic carboxylic acids is 1. The quantitative estimate of drug-likeness (QED) is 0.631. The van der Waals surface area contributed by atoms with Gasteiger partial charge in [-0.1, -0.05) is 0 Å². The molecule has 1 rings (SSSR count). The summed E-state index contributed by atoms with van der Waals surface area (Å²) >= 11 is 0. The summed E-state index contributed by atoms with van der Waals surface area (Å²) in [5.41, 5.74) is 0.130. The van der Waals surface area contributed by atoms with Crippen LogP contribution >= 0.6 is 0 Å². The summed E-state index contributed by atoms with van der Waals surface area (Å²) in [7, 11) is -1.13. The van der Waals surface area contributed by atoms with Gasteiger partial charge in [-0.15, -0.1) is 0 Å². The molecule has 0 saturated heterocycles. The van der Waals surface area contributed by atoms with E-state index < -0.39 is 16.7 Å². The molecule has 0 bridgehead atoms. The van der Waals surface area contributed by atoms with Crippen LogP contribution in [0.1, 0.15) is 16.1 Å². The summed E-state index contributed by atoms with van der Waals surface area (Å²) in [5, 5.41) is 12.3. The second kappa shape index (κ2) is 3.56. The van der Waals surface area contributed by atoms with Gasteiger partial charge in [0.1, 0.15) is 16.3 Å². The van der Waals surface area contributed by atoms with Gasteiger partial charge in [-0.05, 0) is 0 Å². The zero-order valence-corrected chi connectivity index (χ0v) is 7.69. The van der Waals surface area contributed by atoms with Crippen molar-refractivity contribution in [3.8, 4) is 0 Å². The molecule has 0 aliphatic heterocycles. The lowest BCUT2D eigenvalue weighted by Crippen LogP contribution is -2.05. The monoisotopic (exact) mass is 204 g/mol. The minimum absolute atomic E-state index is 0.0679. The lowest BCUT2D eigenvalue weighted by atomic mass is 10.3. The van der Waals surface area contributed by atoms with Crippen LogP contribution in [0.5, 0.6) is 0 Å². The second-order valence-corrected chi connectivity index (χ2v) is 3.41. The van der Waals surface area contributed by atoms with Gasteiger partial charge in [-0.25, -0.2) is 13.2 Å². The third-order valence-corrected chi connectivity index (χ3v) is 2.13. The minimum atomic E-state index is -2.63. The third kappa shape index (κ3) is 2.05. The molecule has 0 amide bonds. The maximum atomic E-state index is 10.6. The molecule has 0 spiro atoms. The maximum Gasteiger partial charge on any atom is 0.339 e. The first-order valence-electron chi connectivity index (χ1n) is 3.38. The predicted octanol–water partition coefficient (Wildman–Crippen LogP) is -0.770. The first-order valence-corrected chi connectivity index (χ1v) is 4.74. The standard InChI is InChI=1S/C6H8N2O4S/c1-8-5(3-13(11)12)4(2-7-8)6(9)10/h2,13H,3H2,1H3,(H,9,10). The Bertz CT molecular complexity index is 399. The van der Waals surface area contributed by atoms with E-state index in [1.807, 2.05) is 0 Å². The van der Waals surface area contributed by atoms with Crippen LogP contribution in [0.25, 0.3) is 0 Å². The molecule has 7 heteroatoms. The van der Waals surface area contributed by atoms with Crippen molar-refractivity contribution in [3.63, 3.8) is 0 Å². The Kier molecular flexibility index (Phi) is 2.66. The molecule has 0 unspecified atom stereocenters. The van der Waals surface area contributed by atoms with Crippen molar-refractivity contribution in [2.45, 2.75) is 5.75 Å². The Balaban J connectivity index is 3.15. The van der Waals surface area contributed by atoms with Gasteiger partial charge in [0, 0.05) is 7.05 Å². The molecule has 1 aromatic heterocycles. The molecule has 6 nitrogen and oxygen atoms in total. The SMILES string of the molecule is Cn1ncc(C(=O)O)c1C[SH](=O)=O. The molecule has 72 valence electrons. The van der Waals surface area contributed by atoms with Gasteiger partial charge >= 0.3 is 5.97 Å². The van der Waals surface area contributed by atoms with E-state index in [0.717, 1.165) is 6.20 Å². The predicted molar refractivity (Wildman–Crippen MR) is 44.2 cm³/mol. The number of aryl methyl sites for hydroxylation is 1. The van der Waals surface area contributed by atoms with E-state index in [1.54, 1.807) is 0 Å². The summed E-state index contributed by atoms with van der Waals surface area (Å²) in [4.78, 5) is 10.6. The molecule has 0 fully saturated rings. The molecule has 0 aromatic carbocycles. The number of carboxylic acid groups (broad SMARTS) is 1. The zero-order chi connectivity index (χ0) is 10.0. The van der Waals surface area contributed by atoms with Gasteiger partial charge < -0.3 is 5.11 Å². The highest BCUT2D eigenvalue weighted by atomic mass is 32.2. The van der Waals surface area contributed by atoms with Crippen LogP contribution in [0, 0.1) is 0 Å². The van der Waals surface area contributed by atoms with Crippen LogP contribution in [0.4, 0.5) is 0 Å². The first-order chi connectivity index (χ1) is 6.02. The fraction of sp³-hybridized carbons (Fsp3) is 0.333. The Hall–Kier alpha value is -1.37. The van der Waals surface area contributed by atoms with Crippen LogP contribution in [0.15, 0.2) is 6.20 Å². The van der Waals surface area contributed by atoms with Crippen LogP contribution < -0.4 is 0 Å². The molecule has 1 aromatic rings. The van der Waals surface area contributed by atoms with Crippen LogP contribution in [-0.4, -0.2) is 29.3 Å². The summed E-state index contributed by atoms with van der Waals surface area (Å²) < 4.78 is 22.0. The van der Waals surface area contributed by atoms with Crippen molar-refractivity contribution >= 4 is 16.7 Å². The summed E-state index contributed by atoms with van der Waals surface area (Å²) in [6, 6.07) is 0. The number of nitrogens with zero attached hydrogens (tertiary/aromatic N) is 2. The van der Waals surface area contributed by atoms with Gasteiger partial charge in [0.15, 0.2) is 0 Å². The lowest BCUT2D eigenvalue weighted by molar-refractivity contribution is 0.0696. The van der Waals surface area contributed by atoms with E-state index >= 15 is 0 Å². The Morgan fingerprint density at radius 2 is 2.31 bits per heavy atom. The van der Waals surface area contributed by atoms with Crippen molar-refractivity contribution < 1.29 is 18.3 Å². The summed E-state index contributed by atoms with van der Waals surface area (Å²) in [6.07, 6.45) is 1.14.